The largest absolute Gasteiger partial charge is 0.497 e. The van der Waals surface area contributed by atoms with Crippen LogP contribution in [-0.2, 0) is 20.4 Å². The maximum atomic E-state index is 13.3. The lowest BCUT2D eigenvalue weighted by Gasteiger charge is -2.28. The molecule has 2 N–H and O–H groups in total. The van der Waals surface area contributed by atoms with Gasteiger partial charge in [0.2, 0.25) is 0 Å². The van der Waals surface area contributed by atoms with Gasteiger partial charge in [0.15, 0.2) is 0 Å². The number of hydrogen-bond acceptors (Lipinski definition) is 5. The Morgan fingerprint density at radius 3 is 2.66 bits per heavy atom. The number of rotatable bonds is 8. The summed E-state index contributed by atoms with van der Waals surface area (Å²) in [5, 5.41) is 5.89. The van der Waals surface area contributed by atoms with Crippen molar-refractivity contribution in [2.45, 2.75) is 32.9 Å². The molecule has 32 heavy (non-hydrogen) atoms. The monoisotopic (exact) mass is 453 g/mol. The maximum absolute atomic E-state index is 13.3. The zero-order valence-corrected chi connectivity index (χ0v) is 18.5. The summed E-state index contributed by atoms with van der Waals surface area (Å²) in [4.78, 5) is 15.4. The molecule has 6 nitrogen and oxygen atoms in total. The fraction of sp³-hybridized carbons (Fsp3) is 0.522. The highest BCUT2D eigenvalue weighted by Gasteiger charge is 2.33. The Kier molecular flexibility index (Phi) is 8.20. The van der Waals surface area contributed by atoms with Crippen molar-refractivity contribution >= 4 is 11.6 Å². The molecular formula is C23H30F3N3O3. The number of nitrogens with zero attached hydrogens (tertiary/aromatic N) is 1. The van der Waals surface area contributed by atoms with Crippen LogP contribution in [0.15, 0.2) is 41.4 Å². The van der Waals surface area contributed by atoms with Gasteiger partial charge >= 0.3 is 6.18 Å². The summed E-state index contributed by atoms with van der Waals surface area (Å²) < 4.78 is 51.4. The molecule has 0 bridgehead atoms. The van der Waals surface area contributed by atoms with Crippen molar-refractivity contribution < 1.29 is 27.4 Å². The molecule has 176 valence electrons. The van der Waals surface area contributed by atoms with Crippen molar-refractivity contribution in [1.82, 2.24) is 10.2 Å². The summed E-state index contributed by atoms with van der Waals surface area (Å²) in [5.41, 5.74) is -0.366. The number of ether oxygens (including phenoxy) is 2. The Morgan fingerprint density at radius 1 is 1.22 bits per heavy atom. The van der Waals surface area contributed by atoms with Crippen LogP contribution in [0, 0.1) is 6.92 Å². The molecule has 9 heteroatoms. The summed E-state index contributed by atoms with van der Waals surface area (Å²) in [5.74, 6) is 0.363. The van der Waals surface area contributed by atoms with Crippen molar-refractivity contribution in [3.8, 4) is 0 Å². The second-order valence-corrected chi connectivity index (χ2v) is 7.76. The van der Waals surface area contributed by atoms with Gasteiger partial charge in [0.25, 0.3) is 5.91 Å². The lowest BCUT2D eigenvalue weighted by Crippen LogP contribution is -2.44. The molecule has 1 fully saturated rings. The molecule has 1 aromatic rings. The first-order valence-corrected chi connectivity index (χ1v) is 10.9. The summed E-state index contributed by atoms with van der Waals surface area (Å²) in [6, 6.07) is 3.75. The zero-order chi connectivity index (χ0) is 23.1. The van der Waals surface area contributed by atoms with Crippen LogP contribution in [0.25, 0.3) is 0 Å². The lowest BCUT2D eigenvalue weighted by molar-refractivity contribution is -0.138. The molecule has 3 rings (SSSR count). The fourth-order valence-corrected chi connectivity index (χ4v) is 3.81. The Hall–Kier alpha value is -2.52. The van der Waals surface area contributed by atoms with Gasteiger partial charge in [-0.2, -0.15) is 13.2 Å². The summed E-state index contributed by atoms with van der Waals surface area (Å²) in [7, 11) is 0. The Balaban J connectivity index is 1.74. The number of aryl methyl sites for hydroxylation is 1. The van der Waals surface area contributed by atoms with Gasteiger partial charge in [-0.05, 0) is 44.0 Å². The molecule has 1 amide bonds. The Labute approximate surface area is 186 Å². The number of piperazine rings is 1. The average molecular weight is 454 g/mol. The first-order chi connectivity index (χ1) is 15.3. The molecule has 1 aliphatic carbocycles. The Morgan fingerprint density at radius 2 is 1.97 bits per heavy atom. The van der Waals surface area contributed by atoms with E-state index in [1.165, 1.54) is 19.1 Å². The second-order valence-electron chi connectivity index (χ2n) is 7.76. The number of carbonyl (C=O) groups is 1. The number of nitrogens with one attached hydrogen (secondary N) is 2. The van der Waals surface area contributed by atoms with Crippen LogP contribution < -0.4 is 10.6 Å². The molecule has 1 aliphatic heterocycles. The number of benzene rings is 1. The molecule has 1 heterocycles. The molecule has 0 spiro atoms. The van der Waals surface area contributed by atoms with Crippen LogP contribution in [0.4, 0.5) is 18.9 Å². The van der Waals surface area contributed by atoms with Gasteiger partial charge < -0.3 is 20.1 Å². The molecule has 0 radical (unpaired) electrons. The van der Waals surface area contributed by atoms with Crippen molar-refractivity contribution in [2.24, 2.45) is 0 Å². The highest BCUT2D eigenvalue weighted by atomic mass is 19.4. The standard InChI is InChI=1S/C23H30F3N3O3/c1-3-31-19-5-4-6-20(32-14-13-29-11-9-27-10-12-29)21(19)22(30)28-17-8-7-16(2)18(15-17)23(24,25)26/h6-8,15,27H,3-5,9-14H2,1-2H3,(H,28,30). The predicted octanol–water partition coefficient (Wildman–Crippen LogP) is 3.84. The minimum atomic E-state index is -4.50. The lowest BCUT2D eigenvalue weighted by atomic mass is 10.0. The van der Waals surface area contributed by atoms with Crippen molar-refractivity contribution in [3.05, 3.63) is 52.5 Å². The van der Waals surface area contributed by atoms with Crippen molar-refractivity contribution in [2.75, 3.05) is 51.3 Å². The third kappa shape index (κ3) is 6.26. The molecule has 0 saturated carbocycles. The van der Waals surface area contributed by atoms with E-state index in [9.17, 15) is 18.0 Å². The Bertz CT molecular complexity index is 875. The van der Waals surface area contributed by atoms with E-state index in [1.54, 1.807) is 0 Å². The van der Waals surface area contributed by atoms with Crippen LogP contribution in [0.1, 0.15) is 30.9 Å². The van der Waals surface area contributed by atoms with Gasteiger partial charge in [0, 0.05) is 44.8 Å². The number of alkyl halides is 3. The van der Waals surface area contributed by atoms with Crippen LogP contribution in [0.5, 0.6) is 0 Å². The number of anilines is 1. The van der Waals surface area contributed by atoms with Crippen molar-refractivity contribution in [3.63, 3.8) is 0 Å². The van der Waals surface area contributed by atoms with E-state index in [4.69, 9.17) is 9.47 Å². The quantitative estimate of drug-likeness (QED) is 0.626. The van der Waals surface area contributed by atoms with Crippen molar-refractivity contribution in [1.29, 1.82) is 0 Å². The van der Waals surface area contributed by atoms with Crippen LogP contribution in [0.2, 0.25) is 0 Å². The zero-order valence-electron chi connectivity index (χ0n) is 18.5. The molecule has 0 aromatic heterocycles. The minimum Gasteiger partial charge on any atom is -0.497 e. The van der Waals surface area contributed by atoms with E-state index in [1.807, 2.05) is 13.0 Å². The third-order valence-electron chi connectivity index (χ3n) is 5.45. The van der Waals surface area contributed by atoms with E-state index in [2.05, 4.69) is 15.5 Å². The van der Waals surface area contributed by atoms with Gasteiger partial charge in [-0.3, -0.25) is 9.69 Å². The number of allylic oxidation sites excluding steroid dienone is 2. The van der Waals surface area contributed by atoms with E-state index in [-0.39, 0.29) is 16.8 Å². The average Bonchev–Trinajstić information content (AvgIpc) is 2.75. The van der Waals surface area contributed by atoms with Crippen LogP contribution >= 0.6 is 0 Å². The summed E-state index contributed by atoms with van der Waals surface area (Å²) in [6.45, 7) is 8.45. The minimum absolute atomic E-state index is 0.0713. The van der Waals surface area contributed by atoms with Crippen LogP contribution in [0.3, 0.4) is 0 Å². The number of carbonyl (C=O) groups excluding carboxylic acids is 1. The fourth-order valence-electron chi connectivity index (χ4n) is 3.81. The van der Waals surface area contributed by atoms with Crippen LogP contribution in [-0.4, -0.2) is 56.7 Å². The highest BCUT2D eigenvalue weighted by Crippen LogP contribution is 2.34. The van der Waals surface area contributed by atoms with E-state index in [0.717, 1.165) is 38.8 Å². The first-order valence-electron chi connectivity index (χ1n) is 10.9. The maximum Gasteiger partial charge on any atom is 0.416 e. The highest BCUT2D eigenvalue weighted by molar-refractivity contribution is 6.07. The second kappa shape index (κ2) is 10.9. The van der Waals surface area contributed by atoms with E-state index in [0.29, 0.717) is 37.6 Å². The summed E-state index contributed by atoms with van der Waals surface area (Å²) in [6.07, 6.45) is -1.46. The topological polar surface area (TPSA) is 62.8 Å². The molecule has 2 aliphatic rings. The van der Waals surface area contributed by atoms with Gasteiger partial charge in [-0.1, -0.05) is 6.07 Å². The normalized spacial score (nSPS) is 17.7. The number of amides is 1. The smallest absolute Gasteiger partial charge is 0.416 e. The van der Waals surface area contributed by atoms with E-state index < -0.39 is 17.6 Å². The third-order valence-corrected chi connectivity index (χ3v) is 5.45. The molecular weight excluding hydrogens is 423 g/mol. The molecule has 0 unspecified atom stereocenters. The van der Waals surface area contributed by atoms with Gasteiger partial charge in [-0.25, -0.2) is 0 Å². The predicted molar refractivity (Wildman–Crippen MR) is 116 cm³/mol. The molecule has 1 aromatic carbocycles. The van der Waals surface area contributed by atoms with E-state index >= 15 is 0 Å². The number of hydrogen-bond donors (Lipinski definition) is 2. The molecule has 1 saturated heterocycles. The summed E-state index contributed by atoms with van der Waals surface area (Å²) >= 11 is 0. The first kappa shape index (κ1) is 24.1. The SMILES string of the molecule is CCOC1=C(C(=O)Nc2ccc(C)c(C(F)(F)F)c2)C(OCCN2CCNCC2)=CCC1. The number of halogens is 3. The van der Waals surface area contributed by atoms with Gasteiger partial charge in [0.1, 0.15) is 23.7 Å². The van der Waals surface area contributed by atoms with Gasteiger partial charge in [-0.15, -0.1) is 0 Å². The van der Waals surface area contributed by atoms with Gasteiger partial charge in [0.05, 0.1) is 12.2 Å². The molecule has 0 atom stereocenters.